The Labute approximate surface area is 151 Å². The van der Waals surface area contributed by atoms with Crippen molar-refractivity contribution >= 4 is 5.97 Å². The molecule has 5 aliphatic rings. The van der Waals surface area contributed by atoms with Gasteiger partial charge in [-0.2, -0.15) is 0 Å². The van der Waals surface area contributed by atoms with E-state index in [2.05, 4.69) is 13.8 Å². The van der Waals surface area contributed by atoms with E-state index in [0.29, 0.717) is 17.8 Å². The molecule has 3 nitrogen and oxygen atoms in total. The van der Waals surface area contributed by atoms with Gasteiger partial charge in [0.1, 0.15) is 6.10 Å². The van der Waals surface area contributed by atoms with Gasteiger partial charge in [-0.1, -0.05) is 13.8 Å². The van der Waals surface area contributed by atoms with E-state index in [0.717, 1.165) is 24.2 Å². The fraction of sp³-hybridized carbons (Fsp3) is 0.955. The minimum Gasteiger partial charge on any atom is -0.462 e. The van der Waals surface area contributed by atoms with E-state index in [1.807, 2.05) is 0 Å². The Kier molecular flexibility index (Phi) is 3.48. The van der Waals surface area contributed by atoms with Gasteiger partial charge in [-0.05, 0) is 92.3 Å². The molecule has 0 radical (unpaired) electrons. The fourth-order valence-corrected chi connectivity index (χ4v) is 8.40. The van der Waals surface area contributed by atoms with Gasteiger partial charge in [-0.15, -0.1) is 0 Å². The van der Waals surface area contributed by atoms with Crippen LogP contribution in [0.4, 0.5) is 0 Å². The van der Waals surface area contributed by atoms with Crippen molar-refractivity contribution in [3.05, 3.63) is 0 Å². The average Bonchev–Trinajstić information content (AvgIpc) is 3.26. The topological polar surface area (TPSA) is 46.5 Å². The highest BCUT2D eigenvalue weighted by molar-refractivity contribution is 5.66. The molecule has 0 spiro atoms. The number of carbonyl (C=O) groups excluding carboxylic acids is 1. The summed E-state index contributed by atoms with van der Waals surface area (Å²) in [6.45, 7) is 6.38. The van der Waals surface area contributed by atoms with Crippen LogP contribution >= 0.6 is 0 Å². The smallest absolute Gasteiger partial charge is 0.302 e. The van der Waals surface area contributed by atoms with Crippen molar-refractivity contribution in [2.75, 3.05) is 0 Å². The molecule has 0 amide bonds. The van der Waals surface area contributed by atoms with Gasteiger partial charge in [0.25, 0.3) is 0 Å². The van der Waals surface area contributed by atoms with Crippen molar-refractivity contribution in [3.8, 4) is 0 Å². The summed E-state index contributed by atoms with van der Waals surface area (Å²) < 4.78 is 5.75. The maximum Gasteiger partial charge on any atom is 0.302 e. The molecule has 25 heavy (non-hydrogen) atoms. The monoisotopic (exact) mass is 346 g/mol. The maximum absolute atomic E-state index is 11.6. The molecule has 0 heterocycles. The molecule has 10 atom stereocenters. The third-order valence-corrected chi connectivity index (χ3v) is 9.79. The number of carbonyl (C=O) groups is 1. The number of fused-ring (bicyclic) bond motifs is 6. The molecule has 5 aliphatic carbocycles. The first-order valence-electron chi connectivity index (χ1n) is 10.7. The Morgan fingerprint density at radius 2 is 1.80 bits per heavy atom. The zero-order chi connectivity index (χ0) is 17.6. The summed E-state index contributed by atoms with van der Waals surface area (Å²) in [6.07, 6.45) is 9.97. The van der Waals surface area contributed by atoms with Gasteiger partial charge in [-0.3, -0.25) is 4.79 Å². The molecule has 0 aromatic rings. The molecular formula is C22H34O3. The summed E-state index contributed by atoms with van der Waals surface area (Å²) in [5.74, 6) is 4.14. The van der Waals surface area contributed by atoms with E-state index in [-0.39, 0.29) is 29.0 Å². The van der Waals surface area contributed by atoms with Crippen LogP contribution in [0.2, 0.25) is 0 Å². The fourth-order valence-electron chi connectivity index (χ4n) is 8.40. The molecule has 0 bridgehead atoms. The second-order valence-electron chi connectivity index (χ2n) is 10.6. The van der Waals surface area contributed by atoms with Crippen LogP contribution in [-0.4, -0.2) is 23.3 Å². The van der Waals surface area contributed by atoms with E-state index < -0.39 is 0 Å². The largest absolute Gasteiger partial charge is 0.462 e. The number of ether oxygens (including phenoxy) is 1. The maximum atomic E-state index is 11.6. The average molecular weight is 347 g/mol. The highest BCUT2D eigenvalue weighted by Gasteiger charge is 2.66. The molecule has 0 unspecified atom stereocenters. The summed E-state index contributed by atoms with van der Waals surface area (Å²) in [5.41, 5.74) is 0.305. The second kappa shape index (κ2) is 5.24. The standard InChI is InChI=1S/C22H34O3/c1-12(23)25-19-7-6-17-15-5-4-14-10-13-11-16(13)20(24)22(14,3)18(15)8-9-21(17,19)2/h13-20,24H,4-11H2,1-3H3/t13-,14+,15+,16+,17+,18+,19+,20+,21+,22+/m1/s1. The van der Waals surface area contributed by atoms with Crippen molar-refractivity contribution in [1.29, 1.82) is 0 Å². The third kappa shape index (κ3) is 2.11. The molecule has 0 aliphatic heterocycles. The van der Waals surface area contributed by atoms with E-state index in [4.69, 9.17) is 4.74 Å². The van der Waals surface area contributed by atoms with Gasteiger partial charge in [0.2, 0.25) is 0 Å². The second-order valence-corrected chi connectivity index (χ2v) is 10.6. The van der Waals surface area contributed by atoms with Gasteiger partial charge in [0.15, 0.2) is 0 Å². The molecule has 3 heteroatoms. The summed E-state index contributed by atoms with van der Waals surface area (Å²) in [7, 11) is 0. The van der Waals surface area contributed by atoms with Crippen LogP contribution in [0.25, 0.3) is 0 Å². The molecule has 1 N–H and O–H groups in total. The molecule has 5 fully saturated rings. The van der Waals surface area contributed by atoms with E-state index in [1.165, 1.54) is 44.9 Å². The summed E-state index contributed by atoms with van der Waals surface area (Å²) >= 11 is 0. The number of aliphatic hydroxyl groups is 1. The van der Waals surface area contributed by atoms with Crippen LogP contribution in [0.5, 0.6) is 0 Å². The van der Waals surface area contributed by atoms with Crippen LogP contribution in [0, 0.1) is 46.3 Å². The summed E-state index contributed by atoms with van der Waals surface area (Å²) in [6, 6.07) is 0. The van der Waals surface area contributed by atoms with Gasteiger partial charge >= 0.3 is 5.97 Å². The Morgan fingerprint density at radius 1 is 1.00 bits per heavy atom. The Morgan fingerprint density at radius 3 is 2.56 bits per heavy atom. The predicted octanol–water partition coefficient (Wildman–Crippen LogP) is 4.18. The van der Waals surface area contributed by atoms with Crippen LogP contribution in [0.3, 0.4) is 0 Å². The lowest BCUT2D eigenvalue weighted by Gasteiger charge is -2.61. The minimum absolute atomic E-state index is 0.0703. The van der Waals surface area contributed by atoms with E-state index in [9.17, 15) is 9.90 Å². The van der Waals surface area contributed by atoms with Crippen molar-refractivity contribution in [1.82, 2.24) is 0 Å². The van der Waals surface area contributed by atoms with Gasteiger partial charge < -0.3 is 9.84 Å². The lowest BCUT2D eigenvalue weighted by Crippen LogP contribution is -2.58. The Bertz CT molecular complexity index is 588. The van der Waals surface area contributed by atoms with Crippen molar-refractivity contribution < 1.29 is 14.6 Å². The molecule has 5 rings (SSSR count). The van der Waals surface area contributed by atoms with E-state index >= 15 is 0 Å². The first-order valence-corrected chi connectivity index (χ1v) is 10.7. The SMILES string of the molecule is CC(=O)O[C@H]1CC[C@H]2[C@@H]3CC[C@H]4C[C@@H]5C[C@@H]5[C@H](O)[C@]4(C)[C@H]3CC[C@]12C. The molecule has 5 saturated carbocycles. The van der Waals surface area contributed by atoms with Crippen molar-refractivity contribution in [2.24, 2.45) is 46.3 Å². The van der Waals surface area contributed by atoms with E-state index in [1.54, 1.807) is 6.92 Å². The van der Waals surface area contributed by atoms with Crippen molar-refractivity contribution in [2.45, 2.75) is 84.3 Å². The van der Waals surface area contributed by atoms with Gasteiger partial charge in [0.05, 0.1) is 6.10 Å². The van der Waals surface area contributed by atoms with Gasteiger partial charge in [0, 0.05) is 12.3 Å². The van der Waals surface area contributed by atoms with Crippen LogP contribution < -0.4 is 0 Å². The molecular weight excluding hydrogens is 312 g/mol. The number of esters is 1. The third-order valence-electron chi connectivity index (χ3n) is 9.79. The first kappa shape index (κ1) is 16.6. The molecule has 0 aromatic heterocycles. The zero-order valence-corrected chi connectivity index (χ0v) is 16.0. The molecule has 0 saturated heterocycles. The van der Waals surface area contributed by atoms with Crippen LogP contribution in [-0.2, 0) is 9.53 Å². The summed E-state index contributed by atoms with van der Waals surface area (Å²) in [5, 5.41) is 11.2. The zero-order valence-electron chi connectivity index (χ0n) is 16.0. The predicted molar refractivity (Wildman–Crippen MR) is 95.7 cm³/mol. The Balaban J connectivity index is 1.44. The first-order chi connectivity index (χ1) is 11.9. The van der Waals surface area contributed by atoms with Crippen molar-refractivity contribution in [3.63, 3.8) is 0 Å². The Hall–Kier alpha value is -0.570. The quantitative estimate of drug-likeness (QED) is 0.725. The normalized spacial score (nSPS) is 59.2. The number of aliphatic hydroxyl groups excluding tert-OH is 1. The van der Waals surface area contributed by atoms with Gasteiger partial charge in [-0.25, -0.2) is 0 Å². The number of rotatable bonds is 1. The molecule has 140 valence electrons. The highest BCUT2D eigenvalue weighted by atomic mass is 16.5. The van der Waals surface area contributed by atoms with Crippen LogP contribution in [0.15, 0.2) is 0 Å². The van der Waals surface area contributed by atoms with Crippen LogP contribution in [0.1, 0.15) is 72.1 Å². The highest BCUT2D eigenvalue weighted by Crippen LogP contribution is 2.70. The summed E-state index contributed by atoms with van der Waals surface area (Å²) in [4.78, 5) is 11.6. The minimum atomic E-state index is -0.118. The number of hydrogen-bond donors (Lipinski definition) is 1. The number of hydrogen-bond acceptors (Lipinski definition) is 3. The lowest BCUT2D eigenvalue weighted by molar-refractivity contribution is -0.178. The lowest BCUT2D eigenvalue weighted by atomic mass is 9.44. The molecule has 0 aromatic carbocycles.